The van der Waals surface area contributed by atoms with E-state index in [1.807, 2.05) is 12.1 Å². The maximum atomic E-state index is 12.9. The standard InChI is InChI=1S/C38H53NO3/c1-23(2)26-15-20-38(33(41)42)22-21-36(6)28(31(26)38)13-14-30-35(5)18-16-27(24-9-11-25(12-10-24)32(40)39-8)34(3,4)29(35)17-19-37(30,36)7/h9-12,16,26,28-31H,1,13-15,17-22H2,2-8H3,(H,39,40)(H,41,42)/t26-,28+,29-,30+,31+,35-,36+,37+,38-/m0/s1. The van der Waals surface area contributed by atoms with Crippen LogP contribution in [-0.2, 0) is 4.79 Å². The van der Waals surface area contributed by atoms with Gasteiger partial charge in [0.2, 0.25) is 0 Å². The Morgan fingerprint density at radius 3 is 2.19 bits per heavy atom. The summed E-state index contributed by atoms with van der Waals surface area (Å²) >= 11 is 0. The van der Waals surface area contributed by atoms with E-state index in [1.165, 1.54) is 36.0 Å². The third-order valence-electron chi connectivity index (χ3n) is 14.8. The molecule has 9 atom stereocenters. The van der Waals surface area contributed by atoms with E-state index in [0.717, 1.165) is 38.5 Å². The molecule has 1 amide bonds. The van der Waals surface area contributed by atoms with Gasteiger partial charge in [0.15, 0.2) is 0 Å². The van der Waals surface area contributed by atoms with Gasteiger partial charge in [-0.2, -0.15) is 0 Å². The van der Waals surface area contributed by atoms with Gasteiger partial charge >= 0.3 is 5.97 Å². The molecule has 228 valence electrons. The Kier molecular flexibility index (Phi) is 6.77. The maximum Gasteiger partial charge on any atom is 0.309 e. The molecule has 1 aromatic rings. The molecule has 4 heteroatoms. The number of nitrogens with one attached hydrogen (secondary N) is 1. The monoisotopic (exact) mass is 571 g/mol. The molecular weight excluding hydrogens is 518 g/mol. The molecule has 0 radical (unpaired) electrons. The van der Waals surface area contributed by atoms with Crippen LogP contribution in [0.1, 0.15) is 115 Å². The summed E-state index contributed by atoms with van der Waals surface area (Å²) < 4.78 is 0. The summed E-state index contributed by atoms with van der Waals surface area (Å²) in [6, 6.07) is 8.19. The second-order valence-electron chi connectivity index (χ2n) is 16.3. The third-order valence-corrected chi connectivity index (χ3v) is 14.8. The van der Waals surface area contributed by atoms with Gasteiger partial charge in [0.1, 0.15) is 0 Å². The van der Waals surface area contributed by atoms with E-state index < -0.39 is 11.4 Å². The summed E-state index contributed by atoms with van der Waals surface area (Å²) in [4.78, 5) is 25.1. The zero-order chi connectivity index (χ0) is 30.5. The summed E-state index contributed by atoms with van der Waals surface area (Å²) in [6.45, 7) is 19.3. The molecule has 4 saturated carbocycles. The predicted octanol–water partition coefficient (Wildman–Crippen LogP) is 8.78. The molecule has 5 aliphatic carbocycles. The first-order chi connectivity index (χ1) is 19.7. The Morgan fingerprint density at radius 1 is 0.881 bits per heavy atom. The molecule has 0 spiro atoms. The lowest BCUT2D eigenvalue weighted by Gasteiger charge is -2.72. The average Bonchev–Trinajstić information content (AvgIpc) is 3.34. The molecule has 5 aliphatic rings. The van der Waals surface area contributed by atoms with Gasteiger partial charge in [0, 0.05) is 12.6 Å². The lowest BCUT2D eigenvalue weighted by atomic mass is 9.32. The molecular formula is C38H53NO3. The summed E-state index contributed by atoms with van der Waals surface area (Å²) in [5.41, 5.74) is 4.59. The van der Waals surface area contributed by atoms with Crippen LogP contribution in [0, 0.1) is 56.7 Å². The fraction of sp³-hybridized carbons (Fsp3) is 0.684. The Labute approximate surface area is 253 Å². The number of carbonyl (C=O) groups excluding carboxylic acids is 1. The largest absolute Gasteiger partial charge is 0.481 e. The molecule has 0 saturated heterocycles. The highest BCUT2D eigenvalue weighted by Gasteiger charge is 2.71. The lowest BCUT2D eigenvalue weighted by molar-refractivity contribution is -0.227. The Bertz CT molecular complexity index is 1340. The number of hydrogen-bond acceptors (Lipinski definition) is 2. The Hall–Kier alpha value is -2.36. The van der Waals surface area contributed by atoms with E-state index >= 15 is 0 Å². The summed E-state index contributed by atoms with van der Waals surface area (Å²) in [5.74, 6) is 1.63. The van der Waals surface area contributed by atoms with E-state index in [0.29, 0.717) is 29.2 Å². The Balaban J connectivity index is 1.36. The smallest absolute Gasteiger partial charge is 0.309 e. The van der Waals surface area contributed by atoms with Crippen molar-refractivity contribution in [3.8, 4) is 0 Å². The number of benzene rings is 1. The molecule has 4 nitrogen and oxygen atoms in total. The molecule has 1 aromatic carbocycles. The number of rotatable bonds is 4. The second kappa shape index (κ2) is 9.57. The minimum absolute atomic E-state index is 0.0299. The molecule has 0 aliphatic heterocycles. The second-order valence-corrected chi connectivity index (χ2v) is 16.3. The molecule has 0 unspecified atom stereocenters. The molecule has 6 rings (SSSR count). The fourth-order valence-corrected chi connectivity index (χ4v) is 12.6. The van der Waals surface area contributed by atoms with E-state index in [2.05, 4.69) is 71.6 Å². The number of allylic oxidation sites excluding steroid dienone is 3. The first-order valence-corrected chi connectivity index (χ1v) is 16.6. The van der Waals surface area contributed by atoms with E-state index in [4.69, 9.17) is 0 Å². The number of carboxylic acids is 1. The van der Waals surface area contributed by atoms with Crippen molar-refractivity contribution in [1.82, 2.24) is 5.32 Å². The van der Waals surface area contributed by atoms with Gasteiger partial charge < -0.3 is 10.4 Å². The van der Waals surface area contributed by atoms with Crippen molar-refractivity contribution < 1.29 is 14.7 Å². The van der Waals surface area contributed by atoms with Crippen molar-refractivity contribution >= 4 is 17.4 Å². The lowest BCUT2D eigenvalue weighted by Crippen LogP contribution is -2.65. The normalized spacial score (nSPS) is 43.6. The van der Waals surface area contributed by atoms with Gasteiger partial charge in [0.25, 0.3) is 5.91 Å². The summed E-state index contributed by atoms with van der Waals surface area (Å²) in [5, 5.41) is 13.4. The van der Waals surface area contributed by atoms with Crippen molar-refractivity contribution in [3.05, 3.63) is 53.6 Å². The molecule has 2 N–H and O–H groups in total. The van der Waals surface area contributed by atoms with Gasteiger partial charge in [-0.25, -0.2) is 0 Å². The zero-order valence-corrected chi connectivity index (χ0v) is 27.1. The minimum Gasteiger partial charge on any atom is -0.481 e. The highest BCUT2D eigenvalue weighted by atomic mass is 16.4. The Morgan fingerprint density at radius 2 is 1.57 bits per heavy atom. The number of amides is 1. The predicted molar refractivity (Wildman–Crippen MR) is 170 cm³/mol. The third kappa shape index (κ3) is 3.71. The van der Waals surface area contributed by atoms with Crippen LogP contribution in [0.4, 0.5) is 0 Å². The number of carboxylic acid groups (broad SMARTS) is 1. The number of fused-ring (bicyclic) bond motifs is 7. The van der Waals surface area contributed by atoms with E-state index in [1.54, 1.807) is 7.05 Å². The van der Waals surface area contributed by atoms with Gasteiger partial charge in [-0.1, -0.05) is 65.0 Å². The van der Waals surface area contributed by atoms with Crippen molar-refractivity contribution in [1.29, 1.82) is 0 Å². The molecule has 4 fully saturated rings. The topological polar surface area (TPSA) is 66.4 Å². The van der Waals surface area contributed by atoms with Gasteiger partial charge in [-0.05, 0) is 139 Å². The first-order valence-electron chi connectivity index (χ1n) is 16.6. The molecule has 0 heterocycles. The van der Waals surface area contributed by atoms with Gasteiger partial charge in [-0.3, -0.25) is 9.59 Å². The molecule has 0 bridgehead atoms. The number of hydrogen-bond donors (Lipinski definition) is 2. The number of carbonyl (C=O) groups is 2. The van der Waals surface area contributed by atoms with Crippen LogP contribution >= 0.6 is 0 Å². The van der Waals surface area contributed by atoms with E-state index in [9.17, 15) is 14.7 Å². The van der Waals surface area contributed by atoms with Crippen LogP contribution in [0.5, 0.6) is 0 Å². The quantitative estimate of drug-likeness (QED) is 0.355. The van der Waals surface area contributed by atoms with Crippen molar-refractivity contribution in [2.75, 3.05) is 7.05 Å². The first kappa shape index (κ1) is 29.7. The van der Waals surface area contributed by atoms with Crippen LogP contribution in [0.3, 0.4) is 0 Å². The molecule has 42 heavy (non-hydrogen) atoms. The highest BCUT2D eigenvalue weighted by molar-refractivity contribution is 5.94. The zero-order valence-electron chi connectivity index (χ0n) is 27.1. The average molecular weight is 572 g/mol. The van der Waals surface area contributed by atoms with Crippen LogP contribution in [0.2, 0.25) is 0 Å². The summed E-state index contributed by atoms with van der Waals surface area (Å²) in [6.07, 6.45) is 12.1. The minimum atomic E-state index is -0.560. The van der Waals surface area contributed by atoms with Crippen LogP contribution in [0.15, 0.2) is 42.5 Å². The molecule has 0 aromatic heterocycles. The fourth-order valence-electron chi connectivity index (χ4n) is 12.6. The highest BCUT2D eigenvalue weighted by Crippen LogP contribution is 2.77. The van der Waals surface area contributed by atoms with Gasteiger partial charge in [0.05, 0.1) is 5.41 Å². The van der Waals surface area contributed by atoms with Crippen LogP contribution < -0.4 is 5.32 Å². The van der Waals surface area contributed by atoms with Crippen LogP contribution in [0.25, 0.3) is 5.57 Å². The van der Waals surface area contributed by atoms with Crippen molar-refractivity contribution in [3.63, 3.8) is 0 Å². The SMILES string of the molecule is C=C(C)[C@@H]1CC[C@]2(C(=O)O)CC[C@]3(C)[C@H](CC[C@@H]4[C@@]5(C)CC=C(c6ccc(C(=O)NC)cc6)C(C)(C)[C@@H]5CC[C@]43C)[C@@H]12. The summed E-state index contributed by atoms with van der Waals surface area (Å²) in [7, 11) is 1.68. The van der Waals surface area contributed by atoms with Crippen LogP contribution in [-0.4, -0.2) is 24.0 Å². The van der Waals surface area contributed by atoms with Crippen molar-refractivity contribution in [2.45, 2.75) is 99.3 Å². The number of aliphatic carboxylic acids is 1. The van der Waals surface area contributed by atoms with Gasteiger partial charge in [-0.15, -0.1) is 0 Å². The van der Waals surface area contributed by atoms with Crippen molar-refractivity contribution in [2.24, 2.45) is 56.7 Å². The van der Waals surface area contributed by atoms with E-state index in [-0.39, 0.29) is 33.5 Å². The maximum absolute atomic E-state index is 12.9.